The number of carbonyl (C=O) groups is 1. The van der Waals surface area contributed by atoms with Crippen LogP contribution in [0.1, 0.15) is 11.1 Å². The molecule has 0 radical (unpaired) electrons. The van der Waals surface area contributed by atoms with Crippen LogP contribution in [-0.4, -0.2) is 10.6 Å². The molecule has 5 heteroatoms. The minimum Gasteiger partial charge on any atom is -0.343 e. The van der Waals surface area contributed by atoms with Crippen LogP contribution in [0.15, 0.2) is 66.0 Å². The smallest absolute Gasteiger partial charge is 0.319 e. The van der Waals surface area contributed by atoms with Crippen LogP contribution < -0.4 is 10.6 Å². The van der Waals surface area contributed by atoms with Gasteiger partial charge in [-0.15, -0.1) is 11.3 Å². The maximum Gasteiger partial charge on any atom is 0.319 e. The summed E-state index contributed by atoms with van der Waals surface area (Å²) in [5.41, 5.74) is 5.40. The number of hydrogen-bond donors (Lipinski definition) is 2. The standard InChI is InChI=1S/C22H21N3OS/c1-15-9-11-16(12-10-15)24-22(26)23-14-18-17-6-3-4-7-19(17)25(2)21(18)20-8-5-13-27-20/h3-13H,14H2,1-2H3,(H2,23,24,26). The van der Waals surface area contributed by atoms with E-state index < -0.39 is 0 Å². The van der Waals surface area contributed by atoms with Crippen molar-refractivity contribution in [2.45, 2.75) is 13.5 Å². The summed E-state index contributed by atoms with van der Waals surface area (Å²) in [6.45, 7) is 2.49. The average molecular weight is 375 g/mol. The molecule has 0 aliphatic carbocycles. The minimum absolute atomic E-state index is 0.205. The molecule has 4 rings (SSSR count). The lowest BCUT2D eigenvalue weighted by Crippen LogP contribution is -2.28. The molecule has 0 atom stereocenters. The van der Waals surface area contributed by atoms with Gasteiger partial charge in [0.1, 0.15) is 0 Å². The van der Waals surface area contributed by atoms with Crippen LogP contribution in [0, 0.1) is 6.92 Å². The van der Waals surface area contributed by atoms with Crippen LogP contribution in [0.25, 0.3) is 21.5 Å². The molecule has 2 aromatic heterocycles. The monoisotopic (exact) mass is 375 g/mol. The Kier molecular flexibility index (Phi) is 4.69. The molecule has 2 heterocycles. The minimum atomic E-state index is -0.205. The fraction of sp³-hybridized carbons (Fsp3) is 0.136. The third-order valence-corrected chi connectivity index (χ3v) is 5.58. The summed E-state index contributed by atoms with van der Waals surface area (Å²) in [5, 5.41) is 9.15. The highest BCUT2D eigenvalue weighted by atomic mass is 32.1. The van der Waals surface area contributed by atoms with Crippen LogP contribution in [0.2, 0.25) is 0 Å². The van der Waals surface area contributed by atoms with Crippen LogP contribution in [-0.2, 0) is 13.6 Å². The molecule has 136 valence electrons. The largest absolute Gasteiger partial charge is 0.343 e. The number of para-hydroxylation sites is 1. The zero-order valence-corrected chi connectivity index (χ0v) is 16.1. The van der Waals surface area contributed by atoms with E-state index in [9.17, 15) is 4.79 Å². The van der Waals surface area contributed by atoms with Gasteiger partial charge in [-0.2, -0.15) is 0 Å². The summed E-state index contributed by atoms with van der Waals surface area (Å²) in [4.78, 5) is 13.6. The third-order valence-electron chi connectivity index (χ3n) is 4.70. The van der Waals surface area contributed by atoms with Gasteiger partial charge in [0.2, 0.25) is 0 Å². The van der Waals surface area contributed by atoms with Gasteiger partial charge in [-0.25, -0.2) is 4.79 Å². The van der Waals surface area contributed by atoms with Crippen molar-refractivity contribution in [1.82, 2.24) is 9.88 Å². The van der Waals surface area contributed by atoms with Crippen LogP contribution in [0.3, 0.4) is 0 Å². The number of anilines is 1. The maximum absolute atomic E-state index is 12.4. The lowest BCUT2D eigenvalue weighted by molar-refractivity contribution is 0.252. The molecule has 2 N–H and O–H groups in total. The first kappa shape index (κ1) is 17.4. The second kappa shape index (κ2) is 7.29. The highest BCUT2D eigenvalue weighted by molar-refractivity contribution is 7.13. The fourth-order valence-corrected chi connectivity index (χ4v) is 4.19. The zero-order chi connectivity index (χ0) is 18.8. The summed E-state index contributed by atoms with van der Waals surface area (Å²) in [7, 11) is 2.08. The van der Waals surface area contributed by atoms with E-state index in [1.165, 1.54) is 10.3 Å². The van der Waals surface area contributed by atoms with Gasteiger partial charge < -0.3 is 15.2 Å². The third kappa shape index (κ3) is 3.46. The number of nitrogens with zero attached hydrogens (tertiary/aromatic N) is 1. The Labute approximate surface area is 162 Å². The molecule has 27 heavy (non-hydrogen) atoms. The number of amides is 2. The maximum atomic E-state index is 12.4. The van der Waals surface area contributed by atoms with Crippen molar-refractivity contribution >= 4 is 34.0 Å². The van der Waals surface area contributed by atoms with Gasteiger partial charge >= 0.3 is 6.03 Å². The van der Waals surface area contributed by atoms with Crippen molar-refractivity contribution in [3.05, 3.63) is 77.2 Å². The summed E-state index contributed by atoms with van der Waals surface area (Å²) in [6, 6.07) is 20.1. The van der Waals surface area contributed by atoms with Crippen molar-refractivity contribution in [2.24, 2.45) is 7.05 Å². The van der Waals surface area contributed by atoms with Gasteiger partial charge in [0, 0.05) is 35.7 Å². The van der Waals surface area contributed by atoms with E-state index in [-0.39, 0.29) is 6.03 Å². The lowest BCUT2D eigenvalue weighted by Gasteiger charge is -2.10. The lowest BCUT2D eigenvalue weighted by atomic mass is 10.1. The number of benzene rings is 2. The van der Waals surface area contributed by atoms with Crippen LogP contribution >= 0.6 is 11.3 Å². The van der Waals surface area contributed by atoms with Gasteiger partial charge in [0.15, 0.2) is 0 Å². The SMILES string of the molecule is Cc1ccc(NC(=O)NCc2c(-c3cccs3)n(C)c3ccccc23)cc1. The molecule has 4 nitrogen and oxygen atoms in total. The Bertz CT molecular complexity index is 1080. The van der Waals surface area contributed by atoms with Crippen LogP contribution in [0.4, 0.5) is 10.5 Å². The van der Waals surface area contributed by atoms with Crippen molar-refractivity contribution < 1.29 is 4.79 Å². The Morgan fingerprint density at radius 1 is 1.04 bits per heavy atom. The van der Waals surface area contributed by atoms with Gasteiger partial charge in [-0.05, 0) is 36.6 Å². The predicted molar refractivity (Wildman–Crippen MR) is 113 cm³/mol. The summed E-state index contributed by atoms with van der Waals surface area (Å²) >= 11 is 1.71. The summed E-state index contributed by atoms with van der Waals surface area (Å²) in [6.07, 6.45) is 0. The highest BCUT2D eigenvalue weighted by Crippen LogP contribution is 2.35. The Morgan fingerprint density at radius 3 is 2.56 bits per heavy atom. The molecule has 0 fully saturated rings. The molecule has 0 saturated carbocycles. The molecule has 4 aromatic rings. The number of nitrogens with one attached hydrogen (secondary N) is 2. The van der Waals surface area contributed by atoms with E-state index in [1.54, 1.807) is 11.3 Å². The summed E-state index contributed by atoms with van der Waals surface area (Å²) < 4.78 is 2.20. The molecule has 0 unspecified atom stereocenters. The van der Waals surface area contributed by atoms with Crippen molar-refractivity contribution in [3.63, 3.8) is 0 Å². The Morgan fingerprint density at radius 2 is 1.81 bits per heavy atom. The Hall–Kier alpha value is -3.05. The molecule has 0 spiro atoms. The predicted octanol–water partition coefficient (Wildman–Crippen LogP) is 5.54. The molecular weight excluding hydrogens is 354 g/mol. The normalized spacial score (nSPS) is 10.9. The van der Waals surface area contributed by atoms with Gasteiger partial charge in [0.25, 0.3) is 0 Å². The number of fused-ring (bicyclic) bond motifs is 1. The topological polar surface area (TPSA) is 46.1 Å². The number of carbonyl (C=O) groups excluding carboxylic acids is 1. The van der Waals surface area contributed by atoms with Gasteiger partial charge in [0.05, 0.1) is 10.6 Å². The number of aromatic nitrogens is 1. The Balaban J connectivity index is 1.60. The van der Waals surface area contributed by atoms with E-state index in [1.807, 2.05) is 43.3 Å². The number of aryl methyl sites for hydroxylation is 2. The average Bonchev–Trinajstić information content (AvgIpc) is 3.29. The highest BCUT2D eigenvalue weighted by Gasteiger charge is 2.17. The first-order valence-electron chi connectivity index (χ1n) is 8.85. The zero-order valence-electron chi connectivity index (χ0n) is 15.3. The first-order chi connectivity index (χ1) is 13.1. The number of thiophene rings is 1. The quantitative estimate of drug-likeness (QED) is 0.483. The van der Waals surface area contributed by atoms with E-state index >= 15 is 0 Å². The molecule has 0 aliphatic rings. The number of urea groups is 1. The van der Waals surface area contributed by atoms with Crippen molar-refractivity contribution in [2.75, 3.05) is 5.32 Å². The molecule has 2 amide bonds. The van der Waals surface area contributed by atoms with E-state index in [0.717, 1.165) is 28.0 Å². The number of hydrogen-bond acceptors (Lipinski definition) is 2. The molecule has 0 aliphatic heterocycles. The fourth-order valence-electron chi connectivity index (χ4n) is 3.36. The van der Waals surface area contributed by atoms with Crippen LogP contribution in [0.5, 0.6) is 0 Å². The van der Waals surface area contributed by atoms with Gasteiger partial charge in [-0.3, -0.25) is 0 Å². The first-order valence-corrected chi connectivity index (χ1v) is 9.73. The summed E-state index contributed by atoms with van der Waals surface area (Å²) in [5.74, 6) is 0. The molecule has 0 bridgehead atoms. The van der Waals surface area contributed by atoms with Crippen molar-refractivity contribution in [1.29, 1.82) is 0 Å². The van der Waals surface area contributed by atoms with E-state index in [0.29, 0.717) is 6.54 Å². The van der Waals surface area contributed by atoms with Crippen molar-refractivity contribution in [3.8, 4) is 10.6 Å². The second-order valence-corrected chi connectivity index (χ2v) is 7.50. The molecular formula is C22H21N3OS. The van der Waals surface area contributed by atoms with E-state index in [4.69, 9.17) is 0 Å². The van der Waals surface area contributed by atoms with Gasteiger partial charge in [-0.1, -0.05) is 42.0 Å². The molecule has 2 aromatic carbocycles. The molecule has 0 saturated heterocycles. The number of rotatable bonds is 4. The second-order valence-electron chi connectivity index (χ2n) is 6.55. The van der Waals surface area contributed by atoms with E-state index in [2.05, 4.69) is 51.9 Å².